The van der Waals surface area contributed by atoms with Gasteiger partial charge in [-0.25, -0.2) is 0 Å². The van der Waals surface area contributed by atoms with Crippen LogP contribution in [0.25, 0.3) is 0 Å². The molecule has 0 heterocycles. The minimum Gasteiger partial charge on any atom is -0.381 e. The molecule has 0 spiro atoms. The molecule has 1 nitrogen and oxygen atoms in total. The van der Waals surface area contributed by atoms with E-state index >= 15 is 0 Å². The first kappa shape index (κ1) is 11.3. The Hall–Kier alpha value is -0.210. The molecule has 0 aliphatic heterocycles. The van der Waals surface area contributed by atoms with Crippen molar-refractivity contribution in [1.82, 2.24) is 0 Å². The summed E-state index contributed by atoms with van der Waals surface area (Å²) in [4.78, 5) is 0. The summed E-state index contributed by atoms with van der Waals surface area (Å²) in [6.07, 6.45) is 3.83. The van der Waals surface area contributed by atoms with Crippen molar-refractivity contribution < 1.29 is 0 Å². The molecular formula is C12H15BrClN. The standard InChI is InChI=1S/C12H15BrClN/c1-8-2-4-10(6-8)15-12-7-9(13)3-5-11(12)14/h3,5,7-8,10,15H,2,4,6H2,1H3. The highest BCUT2D eigenvalue weighted by atomic mass is 79.9. The third-order valence-electron chi connectivity index (χ3n) is 2.98. The second-order valence-corrected chi connectivity index (χ2v) is 5.71. The topological polar surface area (TPSA) is 12.0 Å². The third kappa shape index (κ3) is 2.88. The van der Waals surface area contributed by atoms with Crippen molar-refractivity contribution in [3.05, 3.63) is 27.7 Å². The Kier molecular flexibility index (Phi) is 3.57. The highest BCUT2D eigenvalue weighted by Gasteiger charge is 2.21. The van der Waals surface area contributed by atoms with Crippen molar-refractivity contribution >= 4 is 33.2 Å². The fourth-order valence-electron chi connectivity index (χ4n) is 2.17. The first-order chi connectivity index (χ1) is 7.15. The van der Waals surface area contributed by atoms with Crippen LogP contribution >= 0.6 is 27.5 Å². The second-order valence-electron chi connectivity index (χ2n) is 4.38. The Balaban J connectivity index is 2.07. The predicted molar refractivity (Wildman–Crippen MR) is 69.6 cm³/mol. The zero-order valence-corrected chi connectivity index (χ0v) is 11.1. The van der Waals surface area contributed by atoms with E-state index in [0.717, 1.165) is 21.1 Å². The van der Waals surface area contributed by atoms with E-state index in [9.17, 15) is 0 Å². The molecule has 1 fully saturated rings. The number of halogens is 2. The lowest BCUT2D eigenvalue weighted by Crippen LogP contribution is -2.15. The highest BCUT2D eigenvalue weighted by molar-refractivity contribution is 9.10. The van der Waals surface area contributed by atoms with Gasteiger partial charge in [-0.1, -0.05) is 34.5 Å². The fraction of sp³-hybridized carbons (Fsp3) is 0.500. The van der Waals surface area contributed by atoms with Crippen molar-refractivity contribution in [1.29, 1.82) is 0 Å². The van der Waals surface area contributed by atoms with E-state index in [1.54, 1.807) is 0 Å². The van der Waals surface area contributed by atoms with Crippen molar-refractivity contribution in [2.24, 2.45) is 5.92 Å². The average Bonchev–Trinajstić information content (AvgIpc) is 2.58. The van der Waals surface area contributed by atoms with Gasteiger partial charge in [0.2, 0.25) is 0 Å². The maximum Gasteiger partial charge on any atom is 0.0638 e. The summed E-state index contributed by atoms with van der Waals surface area (Å²) in [6.45, 7) is 2.31. The fourth-order valence-corrected chi connectivity index (χ4v) is 2.70. The average molecular weight is 289 g/mol. The Morgan fingerprint density at radius 2 is 2.20 bits per heavy atom. The normalized spacial score (nSPS) is 25.5. The number of benzene rings is 1. The summed E-state index contributed by atoms with van der Waals surface area (Å²) < 4.78 is 1.07. The number of hydrogen-bond donors (Lipinski definition) is 1. The molecule has 0 radical (unpaired) electrons. The number of nitrogens with one attached hydrogen (secondary N) is 1. The molecule has 1 N–H and O–H groups in total. The number of anilines is 1. The van der Waals surface area contributed by atoms with Crippen molar-refractivity contribution in [2.75, 3.05) is 5.32 Å². The van der Waals surface area contributed by atoms with E-state index in [-0.39, 0.29) is 0 Å². The van der Waals surface area contributed by atoms with Crippen LogP contribution in [-0.2, 0) is 0 Å². The lowest BCUT2D eigenvalue weighted by molar-refractivity contribution is 0.602. The van der Waals surface area contributed by atoms with Gasteiger partial charge in [0.15, 0.2) is 0 Å². The number of hydrogen-bond acceptors (Lipinski definition) is 1. The minimum atomic E-state index is 0.590. The van der Waals surface area contributed by atoms with Crippen LogP contribution in [0.4, 0.5) is 5.69 Å². The van der Waals surface area contributed by atoms with E-state index < -0.39 is 0 Å². The van der Waals surface area contributed by atoms with Gasteiger partial charge in [0.1, 0.15) is 0 Å². The van der Waals surface area contributed by atoms with Gasteiger partial charge in [0.25, 0.3) is 0 Å². The molecule has 1 aromatic rings. The zero-order valence-electron chi connectivity index (χ0n) is 8.76. The summed E-state index contributed by atoms with van der Waals surface area (Å²) >= 11 is 9.59. The van der Waals surface area contributed by atoms with Crippen LogP contribution < -0.4 is 5.32 Å². The highest BCUT2D eigenvalue weighted by Crippen LogP contribution is 2.31. The van der Waals surface area contributed by atoms with Gasteiger partial charge in [-0.05, 0) is 43.4 Å². The van der Waals surface area contributed by atoms with Crippen molar-refractivity contribution in [2.45, 2.75) is 32.2 Å². The Morgan fingerprint density at radius 3 is 2.87 bits per heavy atom. The van der Waals surface area contributed by atoms with E-state index in [0.29, 0.717) is 6.04 Å². The van der Waals surface area contributed by atoms with Crippen LogP contribution in [-0.4, -0.2) is 6.04 Å². The van der Waals surface area contributed by atoms with Gasteiger partial charge in [-0.2, -0.15) is 0 Å². The molecule has 1 aromatic carbocycles. The molecule has 1 saturated carbocycles. The summed E-state index contributed by atoms with van der Waals surface area (Å²) in [7, 11) is 0. The van der Waals surface area contributed by atoms with Gasteiger partial charge in [0, 0.05) is 10.5 Å². The maximum atomic E-state index is 6.13. The molecule has 15 heavy (non-hydrogen) atoms. The lowest BCUT2D eigenvalue weighted by atomic mass is 10.1. The molecule has 0 amide bonds. The molecule has 82 valence electrons. The van der Waals surface area contributed by atoms with Crippen LogP contribution in [0.15, 0.2) is 22.7 Å². The summed E-state index contributed by atoms with van der Waals surface area (Å²) in [5, 5.41) is 4.32. The Morgan fingerprint density at radius 1 is 1.40 bits per heavy atom. The number of rotatable bonds is 2. The van der Waals surface area contributed by atoms with Gasteiger partial charge < -0.3 is 5.32 Å². The SMILES string of the molecule is CC1CCC(Nc2cc(Br)ccc2Cl)C1. The van der Waals surface area contributed by atoms with Crippen LogP contribution in [0.3, 0.4) is 0 Å². The quantitative estimate of drug-likeness (QED) is 0.831. The predicted octanol–water partition coefficient (Wildman–Crippen LogP) is 4.70. The molecule has 1 aliphatic rings. The maximum absolute atomic E-state index is 6.13. The Bertz CT molecular complexity index is 353. The smallest absolute Gasteiger partial charge is 0.0638 e. The Labute approximate surface area is 104 Å². The first-order valence-corrected chi connectivity index (χ1v) is 6.54. The van der Waals surface area contributed by atoms with E-state index in [1.807, 2.05) is 18.2 Å². The molecule has 0 saturated heterocycles. The van der Waals surface area contributed by atoms with Crippen LogP contribution in [0, 0.1) is 5.92 Å². The zero-order chi connectivity index (χ0) is 10.8. The molecule has 1 aliphatic carbocycles. The van der Waals surface area contributed by atoms with Crippen molar-refractivity contribution in [3.63, 3.8) is 0 Å². The molecular weight excluding hydrogens is 273 g/mol. The monoisotopic (exact) mass is 287 g/mol. The molecule has 2 unspecified atom stereocenters. The molecule has 2 atom stereocenters. The summed E-state index contributed by atoms with van der Waals surface area (Å²) in [6, 6.07) is 6.52. The van der Waals surface area contributed by atoms with Crippen molar-refractivity contribution in [3.8, 4) is 0 Å². The molecule has 2 rings (SSSR count). The van der Waals surface area contributed by atoms with E-state index in [1.165, 1.54) is 19.3 Å². The summed E-state index contributed by atoms with van der Waals surface area (Å²) in [5.41, 5.74) is 1.05. The van der Waals surface area contributed by atoms with Gasteiger partial charge >= 0.3 is 0 Å². The van der Waals surface area contributed by atoms with E-state index in [4.69, 9.17) is 11.6 Å². The van der Waals surface area contributed by atoms with Gasteiger partial charge in [-0.15, -0.1) is 0 Å². The largest absolute Gasteiger partial charge is 0.381 e. The first-order valence-electron chi connectivity index (χ1n) is 5.37. The second kappa shape index (κ2) is 4.75. The van der Waals surface area contributed by atoms with Gasteiger partial charge in [-0.3, -0.25) is 0 Å². The molecule has 3 heteroatoms. The van der Waals surface area contributed by atoms with Crippen LogP contribution in [0.1, 0.15) is 26.2 Å². The van der Waals surface area contributed by atoms with Crippen LogP contribution in [0.5, 0.6) is 0 Å². The van der Waals surface area contributed by atoms with Crippen LogP contribution in [0.2, 0.25) is 5.02 Å². The molecule has 0 bridgehead atoms. The lowest BCUT2D eigenvalue weighted by Gasteiger charge is -2.15. The summed E-state index contributed by atoms with van der Waals surface area (Å²) in [5.74, 6) is 0.841. The molecule has 0 aromatic heterocycles. The minimum absolute atomic E-state index is 0.590. The van der Waals surface area contributed by atoms with E-state index in [2.05, 4.69) is 28.2 Å². The third-order valence-corrected chi connectivity index (χ3v) is 3.81. The van der Waals surface area contributed by atoms with Gasteiger partial charge in [0.05, 0.1) is 10.7 Å².